The van der Waals surface area contributed by atoms with E-state index in [4.69, 9.17) is 4.74 Å². The van der Waals surface area contributed by atoms with Crippen molar-refractivity contribution in [2.45, 2.75) is 62.2 Å². The molecule has 1 heterocycles. The van der Waals surface area contributed by atoms with Crippen molar-refractivity contribution in [3.63, 3.8) is 0 Å². The summed E-state index contributed by atoms with van der Waals surface area (Å²) in [7, 11) is 0. The van der Waals surface area contributed by atoms with E-state index in [9.17, 15) is 19.0 Å². The van der Waals surface area contributed by atoms with Crippen LogP contribution in [0.1, 0.15) is 44.2 Å². The lowest BCUT2D eigenvalue weighted by atomic mass is 9.30. The second-order valence-electron chi connectivity index (χ2n) is 10.9. The molecule has 1 unspecified atom stereocenters. The average molecular weight is 506 g/mol. The Balaban J connectivity index is 1.39. The first-order valence-electron chi connectivity index (χ1n) is 11.6. The zero-order valence-corrected chi connectivity index (χ0v) is 19.9. The van der Waals surface area contributed by atoms with Crippen LogP contribution in [-0.4, -0.2) is 43.1 Å². The van der Waals surface area contributed by atoms with Crippen molar-refractivity contribution < 1.29 is 32.5 Å². The number of aliphatic hydroxyl groups is 2. The molecule has 2 N–H and O–H groups in total. The van der Waals surface area contributed by atoms with Crippen molar-refractivity contribution in [3.8, 4) is 5.75 Å². The molecule has 3 saturated carbocycles. The molecular weight excluding hydrogens is 478 g/mol. The average Bonchev–Trinajstić information content (AvgIpc) is 3.23. The van der Waals surface area contributed by atoms with E-state index in [1.54, 1.807) is 26.0 Å². The Morgan fingerprint density at radius 3 is 2.25 bits per heavy atom. The second-order valence-corrected chi connectivity index (χ2v) is 10.9. The molecule has 36 heavy (non-hydrogen) atoms. The van der Waals surface area contributed by atoms with Gasteiger partial charge in [-0.15, -0.1) is 0 Å². The number of alkyl halides is 2. The van der Waals surface area contributed by atoms with E-state index in [1.165, 1.54) is 0 Å². The lowest BCUT2D eigenvalue weighted by molar-refractivity contribution is -0.347. The minimum Gasteiger partial charge on any atom is -0.491 e. The van der Waals surface area contributed by atoms with Crippen molar-refractivity contribution >= 4 is 0 Å². The summed E-state index contributed by atoms with van der Waals surface area (Å²) in [6, 6.07) is 9.32. The van der Waals surface area contributed by atoms with Gasteiger partial charge in [0.15, 0.2) is 5.60 Å². The number of hydrogen-bond donors (Lipinski definition) is 2. The first-order chi connectivity index (χ1) is 16.8. The first kappa shape index (κ1) is 24.7. The van der Waals surface area contributed by atoms with Gasteiger partial charge >= 0.3 is 0 Å². The minimum absolute atomic E-state index is 0.108. The molecule has 1 aromatic heterocycles. The standard InChI is InChI=1S/C26H27F4N3O3/c1-22(2,34)14-36-19-6-3-17(4-7-19)23-10-24(11-23,12-23)26(29,30)25(35,13-33-16-31-15-32-33)20-8-5-18(27)9-21(20)28/h3-9,15-16,34-35H,10-14H2,1-2H3. The molecule has 0 radical (unpaired) electrons. The number of hydrogen-bond acceptors (Lipinski definition) is 5. The molecule has 1 atom stereocenters. The highest BCUT2D eigenvalue weighted by Crippen LogP contribution is 2.80. The van der Waals surface area contributed by atoms with E-state index in [1.807, 2.05) is 12.1 Å². The third kappa shape index (κ3) is 3.78. The summed E-state index contributed by atoms with van der Waals surface area (Å²) in [6.07, 6.45) is 2.62. The molecule has 3 aliphatic rings. The van der Waals surface area contributed by atoms with E-state index in [2.05, 4.69) is 10.1 Å². The number of rotatable bonds is 9. The van der Waals surface area contributed by atoms with Crippen LogP contribution in [-0.2, 0) is 17.6 Å². The van der Waals surface area contributed by atoms with Crippen molar-refractivity contribution in [1.82, 2.24) is 14.8 Å². The van der Waals surface area contributed by atoms with Crippen LogP contribution in [0.25, 0.3) is 0 Å². The van der Waals surface area contributed by atoms with Crippen molar-refractivity contribution in [3.05, 3.63) is 77.9 Å². The molecule has 2 aromatic carbocycles. The predicted octanol–water partition coefficient (Wildman–Crippen LogP) is 4.35. The third-order valence-corrected chi connectivity index (χ3v) is 7.51. The van der Waals surface area contributed by atoms with Crippen LogP contribution in [0.4, 0.5) is 17.6 Å². The van der Waals surface area contributed by atoms with Crippen LogP contribution < -0.4 is 4.74 Å². The van der Waals surface area contributed by atoms with Crippen LogP contribution in [0.3, 0.4) is 0 Å². The molecule has 0 spiro atoms. The van der Waals surface area contributed by atoms with Crippen LogP contribution in [0.15, 0.2) is 55.1 Å². The molecule has 6 rings (SSSR count). The second kappa shape index (κ2) is 8.01. The van der Waals surface area contributed by atoms with Gasteiger partial charge in [0, 0.05) is 17.0 Å². The molecule has 2 bridgehead atoms. The molecule has 0 amide bonds. The Bertz CT molecular complexity index is 1240. The van der Waals surface area contributed by atoms with Gasteiger partial charge in [0.1, 0.15) is 36.6 Å². The SMILES string of the molecule is CC(C)(O)COc1ccc(C23CC(C(F)(F)C(O)(Cn4cncn4)c4ccc(F)cc4F)(C2)C3)cc1. The van der Waals surface area contributed by atoms with E-state index in [-0.39, 0.29) is 25.9 Å². The van der Waals surface area contributed by atoms with Gasteiger partial charge in [-0.05, 0) is 68.4 Å². The van der Waals surface area contributed by atoms with E-state index in [0.29, 0.717) is 11.8 Å². The van der Waals surface area contributed by atoms with Crippen molar-refractivity contribution in [2.75, 3.05) is 6.61 Å². The predicted molar refractivity (Wildman–Crippen MR) is 121 cm³/mol. The van der Waals surface area contributed by atoms with Gasteiger partial charge in [0.2, 0.25) is 0 Å². The van der Waals surface area contributed by atoms with Crippen LogP contribution in [0, 0.1) is 17.0 Å². The Kier molecular flexibility index (Phi) is 5.50. The number of benzene rings is 2. The highest BCUT2D eigenvalue weighted by atomic mass is 19.3. The summed E-state index contributed by atoms with van der Waals surface area (Å²) >= 11 is 0. The van der Waals surface area contributed by atoms with Crippen molar-refractivity contribution in [2.24, 2.45) is 5.41 Å². The lowest BCUT2D eigenvalue weighted by Gasteiger charge is -2.74. The van der Waals surface area contributed by atoms with Gasteiger partial charge in [-0.3, -0.25) is 0 Å². The fraction of sp³-hybridized carbons (Fsp3) is 0.462. The number of nitrogens with zero attached hydrogens (tertiary/aromatic N) is 3. The van der Waals surface area contributed by atoms with Crippen molar-refractivity contribution in [1.29, 1.82) is 0 Å². The maximum Gasteiger partial charge on any atom is 0.287 e. The molecule has 192 valence electrons. The first-order valence-corrected chi connectivity index (χ1v) is 11.6. The van der Waals surface area contributed by atoms with Gasteiger partial charge < -0.3 is 14.9 Å². The lowest BCUT2D eigenvalue weighted by Crippen LogP contribution is -2.76. The van der Waals surface area contributed by atoms with Crippen LogP contribution in [0.2, 0.25) is 0 Å². The van der Waals surface area contributed by atoms with Crippen LogP contribution >= 0.6 is 0 Å². The van der Waals surface area contributed by atoms with Gasteiger partial charge in [-0.2, -0.15) is 5.10 Å². The summed E-state index contributed by atoms with van der Waals surface area (Å²) < 4.78 is 67.3. The largest absolute Gasteiger partial charge is 0.491 e. The van der Waals surface area contributed by atoms with Gasteiger partial charge in [-0.1, -0.05) is 12.1 Å². The molecular formula is C26H27F4N3O3. The Hall–Kier alpha value is -2.98. The Morgan fingerprint density at radius 2 is 1.69 bits per heavy atom. The van der Waals surface area contributed by atoms with E-state index in [0.717, 1.165) is 35.0 Å². The maximum absolute atomic E-state index is 16.2. The molecule has 3 fully saturated rings. The van der Waals surface area contributed by atoms with Gasteiger partial charge in [-0.25, -0.2) is 27.2 Å². The Morgan fingerprint density at radius 1 is 1.03 bits per heavy atom. The summed E-state index contributed by atoms with van der Waals surface area (Å²) in [5.74, 6) is -5.37. The number of ether oxygens (including phenoxy) is 1. The van der Waals surface area contributed by atoms with E-state index >= 15 is 8.78 Å². The molecule has 3 aliphatic carbocycles. The zero-order valence-electron chi connectivity index (χ0n) is 19.9. The molecule has 0 aliphatic heterocycles. The molecule has 3 aromatic rings. The molecule has 0 saturated heterocycles. The topological polar surface area (TPSA) is 80.4 Å². The van der Waals surface area contributed by atoms with E-state index < -0.39 is 51.7 Å². The highest BCUT2D eigenvalue weighted by Gasteiger charge is 2.82. The minimum atomic E-state index is -3.75. The fourth-order valence-electron chi connectivity index (χ4n) is 5.76. The smallest absolute Gasteiger partial charge is 0.287 e. The highest BCUT2D eigenvalue weighted by molar-refractivity contribution is 5.44. The summed E-state index contributed by atoms with van der Waals surface area (Å²) in [4.78, 5) is 3.73. The normalized spacial score (nSPS) is 25.0. The maximum atomic E-state index is 16.2. The van der Waals surface area contributed by atoms with Gasteiger partial charge in [0.05, 0.1) is 12.1 Å². The Labute approximate surface area is 205 Å². The molecule has 6 nitrogen and oxygen atoms in total. The summed E-state index contributed by atoms with van der Waals surface area (Å²) in [5, 5.41) is 25.1. The summed E-state index contributed by atoms with van der Waals surface area (Å²) in [6.45, 7) is 2.62. The fourth-order valence-corrected chi connectivity index (χ4v) is 5.76. The van der Waals surface area contributed by atoms with Crippen LogP contribution in [0.5, 0.6) is 5.75 Å². The van der Waals surface area contributed by atoms with Gasteiger partial charge in [0.25, 0.3) is 5.92 Å². The zero-order chi connectivity index (χ0) is 26.0. The third-order valence-electron chi connectivity index (χ3n) is 7.51. The monoisotopic (exact) mass is 505 g/mol. The molecule has 10 heteroatoms. The number of halogens is 4. The summed E-state index contributed by atoms with van der Waals surface area (Å²) in [5.41, 5.74) is -5.77. The quantitative estimate of drug-likeness (QED) is 0.423. The number of aromatic nitrogens is 3.